The first-order valence-corrected chi connectivity index (χ1v) is 9.42. The second kappa shape index (κ2) is 7.06. The molecule has 5 nitrogen and oxygen atoms in total. The number of hydrogen-bond acceptors (Lipinski definition) is 5. The first-order chi connectivity index (χ1) is 13.1. The molecule has 0 spiro atoms. The van der Waals surface area contributed by atoms with Gasteiger partial charge in [0, 0.05) is 15.5 Å². The Morgan fingerprint density at radius 1 is 1.15 bits per heavy atom. The van der Waals surface area contributed by atoms with Gasteiger partial charge in [0.05, 0.1) is 18.4 Å². The molecule has 0 saturated carbocycles. The number of likely N-dealkylation sites (tertiary alicyclic amines) is 1. The fourth-order valence-electron chi connectivity index (χ4n) is 3.12. The molecule has 1 aromatic carbocycles. The molecule has 1 saturated heterocycles. The maximum atomic E-state index is 12.8. The average Bonchev–Trinajstić information content (AvgIpc) is 3.40. The minimum absolute atomic E-state index is 0.0660. The van der Waals surface area contributed by atoms with Gasteiger partial charge < -0.3 is 14.4 Å². The van der Waals surface area contributed by atoms with E-state index >= 15 is 0 Å². The van der Waals surface area contributed by atoms with Crippen molar-refractivity contribution in [2.24, 2.45) is 0 Å². The number of thiophene rings is 1. The van der Waals surface area contributed by atoms with E-state index in [1.807, 2.05) is 17.5 Å². The topological polar surface area (TPSA) is 70.8 Å². The summed E-state index contributed by atoms with van der Waals surface area (Å²) in [6.45, 7) is 0.136. The number of furan rings is 1. The summed E-state index contributed by atoms with van der Waals surface area (Å²) in [5, 5.41) is 13.2. The molecule has 3 aromatic rings. The van der Waals surface area contributed by atoms with Gasteiger partial charge in [-0.15, -0.1) is 11.3 Å². The molecule has 3 heterocycles. The number of nitrogens with zero attached hydrogens (tertiary/aromatic N) is 1. The highest BCUT2D eigenvalue weighted by molar-refractivity contribution is 7.10. The molecule has 1 fully saturated rings. The van der Waals surface area contributed by atoms with Crippen LogP contribution >= 0.6 is 22.9 Å². The summed E-state index contributed by atoms with van der Waals surface area (Å²) in [7, 11) is 0. The van der Waals surface area contributed by atoms with Crippen molar-refractivity contribution in [3.8, 4) is 0 Å². The van der Waals surface area contributed by atoms with Gasteiger partial charge in [-0.05, 0) is 47.8 Å². The summed E-state index contributed by atoms with van der Waals surface area (Å²) in [5.74, 6) is -1.04. The molecule has 1 N–H and O–H groups in total. The fourth-order valence-corrected chi connectivity index (χ4v) is 4.09. The molecule has 0 bridgehead atoms. The van der Waals surface area contributed by atoms with Crippen molar-refractivity contribution >= 4 is 40.4 Å². The van der Waals surface area contributed by atoms with Crippen LogP contribution in [0.3, 0.4) is 0 Å². The van der Waals surface area contributed by atoms with E-state index in [0.717, 1.165) is 4.88 Å². The summed E-state index contributed by atoms with van der Waals surface area (Å²) in [6.07, 6.45) is 1.51. The Labute approximate surface area is 164 Å². The number of carbonyl (C=O) groups is 2. The van der Waals surface area contributed by atoms with Crippen molar-refractivity contribution in [2.75, 3.05) is 0 Å². The summed E-state index contributed by atoms with van der Waals surface area (Å²) in [6, 6.07) is 12.9. The first-order valence-electron chi connectivity index (χ1n) is 8.16. The lowest BCUT2D eigenvalue weighted by molar-refractivity contribution is -0.140. The monoisotopic (exact) mass is 399 g/mol. The number of halogens is 1. The van der Waals surface area contributed by atoms with Crippen molar-refractivity contribution in [1.82, 2.24) is 4.90 Å². The third-order valence-electron chi connectivity index (χ3n) is 4.38. The van der Waals surface area contributed by atoms with E-state index in [1.54, 1.807) is 36.4 Å². The van der Waals surface area contributed by atoms with Crippen LogP contribution in [-0.4, -0.2) is 21.7 Å². The maximum absolute atomic E-state index is 12.8. The number of benzene rings is 1. The Balaban J connectivity index is 1.83. The summed E-state index contributed by atoms with van der Waals surface area (Å²) >= 11 is 7.32. The van der Waals surface area contributed by atoms with Crippen LogP contribution in [0, 0.1) is 0 Å². The molecule has 1 aliphatic heterocycles. The molecule has 1 atom stereocenters. The molecule has 0 radical (unpaired) electrons. The minimum Gasteiger partial charge on any atom is -0.507 e. The largest absolute Gasteiger partial charge is 0.507 e. The van der Waals surface area contributed by atoms with E-state index in [9.17, 15) is 14.7 Å². The lowest BCUT2D eigenvalue weighted by Crippen LogP contribution is -2.28. The smallest absolute Gasteiger partial charge is 0.296 e. The van der Waals surface area contributed by atoms with Crippen LogP contribution in [0.15, 0.2) is 70.2 Å². The standard InChI is InChI=1S/C20H14ClNO4S/c21-13-7-5-12(6-8-13)18(23)16-17(15-4-2-10-27-15)22(20(25)19(16)24)11-14-3-1-9-26-14/h1-10,17,23H,11H2/t17-/m0/s1. The normalized spacial score (nSPS) is 19.0. The zero-order valence-corrected chi connectivity index (χ0v) is 15.5. The molecule has 0 unspecified atom stereocenters. The molecule has 7 heteroatoms. The van der Waals surface area contributed by atoms with Crippen LogP contribution in [0.2, 0.25) is 5.02 Å². The summed E-state index contributed by atoms with van der Waals surface area (Å²) < 4.78 is 5.34. The van der Waals surface area contributed by atoms with Gasteiger partial charge in [0.25, 0.3) is 11.7 Å². The number of aliphatic hydroxyl groups excluding tert-OH is 1. The van der Waals surface area contributed by atoms with Gasteiger partial charge in [-0.2, -0.15) is 0 Å². The van der Waals surface area contributed by atoms with Gasteiger partial charge in [0.15, 0.2) is 0 Å². The van der Waals surface area contributed by atoms with E-state index in [1.165, 1.54) is 22.5 Å². The van der Waals surface area contributed by atoms with E-state index in [-0.39, 0.29) is 17.9 Å². The van der Waals surface area contributed by atoms with Gasteiger partial charge in [-0.3, -0.25) is 9.59 Å². The molecule has 1 aliphatic rings. The Morgan fingerprint density at radius 3 is 2.56 bits per heavy atom. The molecular weight excluding hydrogens is 386 g/mol. The van der Waals surface area contributed by atoms with E-state index in [2.05, 4.69) is 0 Å². The van der Waals surface area contributed by atoms with Crippen LogP contribution in [0.25, 0.3) is 5.76 Å². The Hall–Kier alpha value is -2.83. The highest BCUT2D eigenvalue weighted by Crippen LogP contribution is 2.41. The average molecular weight is 400 g/mol. The molecule has 2 aromatic heterocycles. The predicted molar refractivity (Wildman–Crippen MR) is 102 cm³/mol. The van der Waals surface area contributed by atoms with Crippen LogP contribution in [0.5, 0.6) is 0 Å². The van der Waals surface area contributed by atoms with Crippen LogP contribution < -0.4 is 0 Å². The van der Waals surface area contributed by atoms with Gasteiger partial charge >= 0.3 is 0 Å². The fraction of sp³-hybridized carbons (Fsp3) is 0.100. The molecule has 136 valence electrons. The van der Waals surface area contributed by atoms with E-state index in [4.69, 9.17) is 16.0 Å². The SMILES string of the molecule is O=C1C(=O)N(Cc2ccco2)[C@@H](c2cccs2)C1=C(O)c1ccc(Cl)cc1. The number of rotatable bonds is 4. The van der Waals surface area contributed by atoms with Gasteiger partial charge in [-0.1, -0.05) is 17.7 Å². The number of Topliss-reactive ketones (excluding diaryl/α,β-unsaturated/α-hetero) is 1. The van der Waals surface area contributed by atoms with E-state index in [0.29, 0.717) is 16.3 Å². The zero-order chi connectivity index (χ0) is 19.0. The lowest BCUT2D eigenvalue weighted by atomic mass is 10.00. The Kier molecular flexibility index (Phi) is 4.59. The number of aliphatic hydroxyl groups is 1. The van der Waals surface area contributed by atoms with Gasteiger partial charge in [0.2, 0.25) is 0 Å². The third kappa shape index (κ3) is 3.18. The van der Waals surface area contributed by atoms with Crippen molar-refractivity contribution in [2.45, 2.75) is 12.6 Å². The summed E-state index contributed by atoms with van der Waals surface area (Å²) in [4.78, 5) is 27.7. The number of carbonyl (C=O) groups excluding carboxylic acids is 2. The van der Waals surface area contributed by atoms with E-state index < -0.39 is 17.7 Å². The van der Waals surface area contributed by atoms with Crippen molar-refractivity contribution < 1.29 is 19.1 Å². The number of ketones is 1. The van der Waals surface area contributed by atoms with Crippen LogP contribution in [-0.2, 0) is 16.1 Å². The predicted octanol–water partition coefficient (Wildman–Crippen LogP) is 4.62. The molecule has 0 aliphatic carbocycles. The number of amides is 1. The maximum Gasteiger partial charge on any atom is 0.296 e. The second-order valence-corrected chi connectivity index (χ2v) is 7.44. The molecule has 27 heavy (non-hydrogen) atoms. The third-order valence-corrected chi connectivity index (χ3v) is 5.55. The van der Waals surface area contributed by atoms with Crippen molar-refractivity contribution in [1.29, 1.82) is 0 Å². The van der Waals surface area contributed by atoms with Gasteiger partial charge in [0.1, 0.15) is 17.6 Å². The van der Waals surface area contributed by atoms with Crippen molar-refractivity contribution in [3.05, 3.63) is 87.0 Å². The molecule has 4 rings (SSSR count). The number of hydrogen-bond donors (Lipinski definition) is 1. The molecular formula is C20H14ClNO4S. The minimum atomic E-state index is -0.715. The zero-order valence-electron chi connectivity index (χ0n) is 14.0. The molecule has 1 amide bonds. The van der Waals surface area contributed by atoms with Crippen LogP contribution in [0.4, 0.5) is 0 Å². The van der Waals surface area contributed by atoms with Crippen molar-refractivity contribution in [3.63, 3.8) is 0 Å². The highest BCUT2D eigenvalue weighted by atomic mass is 35.5. The van der Waals surface area contributed by atoms with Crippen LogP contribution in [0.1, 0.15) is 22.2 Å². The second-order valence-electron chi connectivity index (χ2n) is 6.03. The highest BCUT2D eigenvalue weighted by Gasteiger charge is 2.46. The lowest BCUT2D eigenvalue weighted by Gasteiger charge is -2.23. The first kappa shape index (κ1) is 17.6. The van der Waals surface area contributed by atoms with Gasteiger partial charge in [-0.25, -0.2) is 0 Å². The quantitative estimate of drug-likeness (QED) is 0.395. The Morgan fingerprint density at radius 2 is 1.93 bits per heavy atom. The summed E-state index contributed by atoms with van der Waals surface area (Å²) in [5.41, 5.74) is 0.494. The Bertz CT molecular complexity index is 1010.